The van der Waals surface area contributed by atoms with Crippen LogP contribution < -0.4 is 10.6 Å². The van der Waals surface area contributed by atoms with Crippen LogP contribution in [0.1, 0.15) is 12.0 Å². The van der Waals surface area contributed by atoms with Gasteiger partial charge in [-0.25, -0.2) is 4.39 Å². The predicted octanol–water partition coefficient (Wildman–Crippen LogP) is 3.12. The van der Waals surface area contributed by atoms with Gasteiger partial charge in [0.05, 0.1) is 17.4 Å². The number of rotatable bonds is 5. The number of fused-ring (bicyclic) bond motifs is 1. The topological polar surface area (TPSA) is 84.5 Å². The summed E-state index contributed by atoms with van der Waals surface area (Å²) in [5, 5.41) is 4.61. The summed E-state index contributed by atoms with van der Waals surface area (Å²) in [6, 6.07) is 11.3. The number of carbonyl (C=O) groups excluding carboxylic acids is 3. The molecule has 8 heteroatoms. The SMILES string of the molecule is Cc1ccc(F)cc1NC(=O)COC(=O)CC1Sc2ccccc2NC1=O. The largest absolute Gasteiger partial charge is 0.456 e. The molecule has 0 saturated carbocycles. The summed E-state index contributed by atoms with van der Waals surface area (Å²) in [6.45, 7) is 1.21. The zero-order chi connectivity index (χ0) is 19.4. The highest BCUT2D eigenvalue weighted by Crippen LogP contribution is 2.36. The molecule has 2 amide bonds. The molecular weight excluding hydrogens is 371 g/mol. The van der Waals surface area contributed by atoms with Gasteiger partial charge >= 0.3 is 5.97 Å². The molecule has 0 aliphatic carbocycles. The molecule has 1 unspecified atom stereocenters. The molecule has 0 spiro atoms. The smallest absolute Gasteiger partial charge is 0.307 e. The third kappa shape index (κ3) is 4.85. The fourth-order valence-corrected chi connectivity index (χ4v) is 3.59. The first-order valence-corrected chi connectivity index (χ1v) is 9.08. The summed E-state index contributed by atoms with van der Waals surface area (Å²) < 4.78 is 18.2. The fourth-order valence-electron chi connectivity index (χ4n) is 2.50. The van der Waals surface area contributed by atoms with Gasteiger partial charge in [-0.3, -0.25) is 14.4 Å². The number of hydrogen-bond donors (Lipinski definition) is 2. The maximum atomic E-state index is 13.2. The van der Waals surface area contributed by atoms with Crippen molar-refractivity contribution in [1.82, 2.24) is 0 Å². The highest BCUT2D eigenvalue weighted by molar-refractivity contribution is 8.01. The maximum Gasteiger partial charge on any atom is 0.307 e. The molecule has 1 heterocycles. The van der Waals surface area contributed by atoms with Crippen molar-refractivity contribution in [2.75, 3.05) is 17.2 Å². The van der Waals surface area contributed by atoms with Crippen LogP contribution in [0.15, 0.2) is 47.4 Å². The Balaban J connectivity index is 1.50. The van der Waals surface area contributed by atoms with Crippen LogP contribution in [0.3, 0.4) is 0 Å². The number of halogens is 1. The van der Waals surface area contributed by atoms with Gasteiger partial charge in [0.1, 0.15) is 5.82 Å². The number of thioether (sulfide) groups is 1. The Morgan fingerprint density at radius 2 is 2.04 bits per heavy atom. The van der Waals surface area contributed by atoms with Crippen LogP contribution in [-0.2, 0) is 19.1 Å². The summed E-state index contributed by atoms with van der Waals surface area (Å²) in [5.74, 6) is -2.00. The van der Waals surface area contributed by atoms with E-state index in [0.717, 1.165) is 4.90 Å². The molecule has 140 valence electrons. The highest BCUT2D eigenvalue weighted by Gasteiger charge is 2.29. The van der Waals surface area contributed by atoms with Crippen LogP contribution in [0.5, 0.6) is 0 Å². The Morgan fingerprint density at radius 3 is 2.85 bits per heavy atom. The standard InChI is InChI=1S/C19H17FN2O4S/c1-11-6-7-12(20)8-14(11)21-17(23)10-26-18(24)9-16-19(25)22-13-4-2-3-5-15(13)27-16/h2-8,16H,9-10H2,1H3,(H,21,23)(H,22,25). The lowest BCUT2D eigenvalue weighted by molar-refractivity contribution is -0.147. The van der Waals surface area contributed by atoms with Crippen molar-refractivity contribution in [2.45, 2.75) is 23.5 Å². The number of anilines is 2. The number of benzene rings is 2. The van der Waals surface area contributed by atoms with Gasteiger partial charge in [0.25, 0.3) is 5.91 Å². The number of aryl methyl sites for hydroxylation is 1. The summed E-state index contributed by atoms with van der Waals surface area (Å²) in [4.78, 5) is 36.9. The number of carbonyl (C=O) groups is 3. The number of para-hydroxylation sites is 1. The molecular formula is C19H17FN2O4S. The van der Waals surface area contributed by atoms with Crippen LogP contribution in [0.4, 0.5) is 15.8 Å². The molecule has 1 aliphatic heterocycles. The fraction of sp³-hybridized carbons (Fsp3) is 0.211. The molecule has 2 N–H and O–H groups in total. The number of hydrogen-bond acceptors (Lipinski definition) is 5. The maximum absolute atomic E-state index is 13.2. The average molecular weight is 388 g/mol. The van der Waals surface area contributed by atoms with Crippen molar-refractivity contribution in [3.8, 4) is 0 Å². The Labute approximate surface area is 159 Å². The summed E-state index contributed by atoms with van der Waals surface area (Å²) in [7, 11) is 0. The lowest BCUT2D eigenvalue weighted by Crippen LogP contribution is -2.32. The molecule has 1 atom stereocenters. The van der Waals surface area contributed by atoms with Crippen LogP contribution in [0, 0.1) is 12.7 Å². The van der Waals surface area contributed by atoms with Gasteiger partial charge in [0.2, 0.25) is 5.91 Å². The van der Waals surface area contributed by atoms with Gasteiger partial charge in [0, 0.05) is 10.6 Å². The minimum Gasteiger partial charge on any atom is -0.456 e. The van der Waals surface area contributed by atoms with Crippen molar-refractivity contribution in [3.63, 3.8) is 0 Å². The third-order valence-electron chi connectivity index (χ3n) is 3.90. The van der Waals surface area contributed by atoms with E-state index in [1.165, 1.54) is 30.0 Å². The van der Waals surface area contributed by atoms with E-state index in [1.54, 1.807) is 13.0 Å². The molecule has 3 rings (SSSR count). The van der Waals surface area contributed by atoms with Gasteiger partial charge in [-0.15, -0.1) is 11.8 Å². The van der Waals surface area contributed by atoms with Gasteiger partial charge in [-0.1, -0.05) is 18.2 Å². The average Bonchev–Trinajstić information content (AvgIpc) is 2.64. The van der Waals surface area contributed by atoms with Crippen molar-refractivity contribution in [2.24, 2.45) is 0 Å². The molecule has 0 aromatic heterocycles. The zero-order valence-corrected chi connectivity index (χ0v) is 15.3. The summed E-state index contributed by atoms with van der Waals surface area (Å²) >= 11 is 1.28. The van der Waals surface area contributed by atoms with Crippen LogP contribution in [0.25, 0.3) is 0 Å². The van der Waals surface area contributed by atoms with Crippen molar-refractivity contribution in [1.29, 1.82) is 0 Å². The molecule has 0 fully saturated rings. The molecule has 27 heavy (non-hydrogen) atoms. The number of ether oxygens (including phenoxy) is 1. The number of esters is 1. The molecule has 0 radical (unpaired) electrons. The Hall–Kier alpha value is -2.87. The number of amides is 2. The second kappa shape index (κ2) is 8.22. The first kappa shape index (κ1) is 18.9. The Morgan fingerprint density at radius 1 is 1.26 bits per heavy atom. The molecule has 6 nitrogen and oxygen atoms in total. The van der Waals surface area contributed by atoms with E-state index in [2.05, 4.69) is 10.6 Å². The third-order valence-corrected chi connectivity index (χ3v) is 5.17. The molecule has 0 saturated heterocycles. The van der Waals surface area contributed by atoms with E-state index >= 15 is 0 Å². The quantitative estimate of drug-likeness (QED) is 0.769. The molecule has 2 aromatic carbocycles. The van der Waals surface area contributed by atoms with E-state index in [-0.39, 0.29) is 12.3 Å². The summed E-state index contributed by atoms with van der Waals surface area (Å²) in [5.41, 5.74) is 1.71. The van der Waals surface area contributed by atoms with Gasteiger partial charge in [0.15, 0.2) is 6.61 Å². The Bertz CT molecular complexity index is 903. The van der Waals surface area contributed by atoms with E-state index in [9.17, 15) is 18.8 Å². The van der Waals surface area contributed by atoms with E-state index in [0.29, 0.717) is 16.9 Å². The molecule has 2 aromatic rings. The monoisotopic (exact) mass is 388 g/mol. The van der Waals surface area contributed by atoms with Crippen molar-refractivity contribution < 1.29 is 23.5 Å². The first-order chi connectivity index (χ1) is 12.9. The van der Waals surface area contributed by atoms with Crippen LogP contribution >= 0.6 is 11.8 Å². The zero-order valence-electron chi connectivity index (χ0n) is 14.5. The van der Waals surface area contributed by atoms with E-state index in [4.69, 9.17) is 4.74 Å². The van der Waals surface area contributed by atoms with Gasteiger partial charge in [-0.2, -0.15) is 0 Å². The van der Waals surface area contributed by atoms with E-state index < -0.39 is 29.6 Å². The Kier molecular flexibility index (Phi) is 5.75. The van der Waals surface area contributed by atoms with Crippen LogP contribution in [0.2, 0.25) is 0 Å². The second-order valence-corrected chi connectivity index (χ2v) is 7.21. The first-order valence-electron chi connectivity index (χ1n) is 8.20. The number of nitrogens with one attached hydrogen (secondary N) is 2. The van der Waals surface area contributed by atoms with Crippen molar-refractivity contribution >= 4 is 40.9 Å². The second-order valence-electron chi connectivity index (χ2n) is 5.96. The normalized spacial score (nSPS) is 15.5. The molecule has 1 aliphatic rings. The molecule has 0 bridgehead atoms. The lowest BCUT2D eigenvalue weighted by Gasteiger charge is -2.23. The summed E-state index contributed by atoms with van der Waals surface area (Å²) in [6.07, 6.45) is -0.156. The van der Waals surface area contributed by atoms with Gasteiger partial charge < -0.3 is 15.4 Å². The lowest BCUT2D eigenvalue weighted by atomic mass is 10.2. The minimum absolute atomic E-state index is 0.156. The minimum atomic E-state index is -0.659. The predicted molar refractivity (Wildman–Crippen MR) is 100 cm³/mol. The van der Waals surface area contributed by atoms with Gasteiger partial charge in [-0.05, 0) is 36.8 Å². The van der Waals surface area contributed by atoms with E-state index in [1.807, 2.05) is 18.2 Å². The highest BCUT2D eigenvalue weighted by atomic mass is 32.2. The van der Waals surface area contributed by atoms with Crippen molar-refractivity contribution in [3.05, 3.63) is 53.8 Å². The van der Waals surface area contributed by atoms with Crippen LogP contribution in [-0.4, -0.2) is 29.6 Å².